The number of primary amides is 1. The second kappa shape index (κ2) is 13.7. The van der Waals surface area contributed by atoms with Gasteiger partial charge in [0.1, 0.15) is 23.3 Å². The number of fused-ring (bicyclic) bond motifs is 1. The molecule has 4 atom stereocenters. The minimum atomic E-state index is -2.78. The Bertz CT molecular complexity index is 1370. The molecule has 0 radical (unpaired) electrons. The number of aromatic nitrogens is 2. The van der Waals surface area contributed by atoms with E-state index < -0.39 is 65.7 Å². The number of hydrogen-bond acceptors (Lipinski definition) is 5. The molecule has 1 aromatic heterocycles. The zero-order valence-corrected chi connectivity index (χ0v) is 30.3. The van der Waals surface area contributed by atoms with Gasteiger partial charge < -0.3 is 19.6 Å². The van der Waals surface area contributed by atoms with Gasteiger partial charge in [-0.05, 0) is 81.5 Å². The van der Waals surface area contributed by atoms with E-state index in [9.17, 15) is 26.9 Å². The monoisotopic (exact) mass is 688 g/mol. The summed E-state index contributed by atoms with van der Waals surface area (Å²) in [6.07, 6.45) is -1.60. The maximum absolute atomic E-state index is 14.2. The Kier molecular flexibility index (Phi) is 11.0. The quantitative estimate of drug-likeness (QED) is 0.0812. The summed E-state index contributed by atoms with van der Waals surface area (Å²) >= 11 is -1.59. The lowest BCUT2D eigenvalue weighted by molar-refractivity contribution is -0.146. The van der Waals surface area contributed by atoms with Crippen molar-refractivity contribution in [2.24, 2.45) is 28.9 Å². The van der Waals surface area contributed by atoms with Crippen LogP contribution >= 0.6 is 0 Å². The summed E-state index contributed by atoms with van der Waals surface area (Å²) in [6, 6.07) is 5.76. The predicted octanol–water partition coefficient (Wildman–Crippen LogP) is 7.76. The third kappa shape index (κ3) is 9.06. The van der Waals surface area contributed by atoms with Crippen LogP contribution in [0.5, 0.6) is 0 Å². The Labute approximate surface area is 275 Å². The molecule has 3 N–H and O–H groups in total. The van der Waals surface area contributed by atoms with Gasteiger partial charge in [-0.3, -0.25) is 4.79 Å². The summed E-state index contributed by atoms with van der Waals surface area (Å²) in [7, 11) is -1.41. The van der Waals surface area contributed by atoms with E-state index in [4.69, 9.17) is 15.5 Å². The number of nitrogens with one attached hydrogen (secondary N) is 1. The number of alkyl halides is 4. The fraction of sp³-hybridized carbons (Fsp3) is 0.758. The molecule has 2 aliphatic rings. The van der Waals surface area contributed by atoms with Crippen LogP contribution in [0.3, 0.4) is 0 Å². The third-order valence-corrected chi connectivity index (χ3v) is 12.6. The topological polar surface area (TPSA) is 105 Å². The normalized spacial score (nSPS) is 20.5. The first-order chi connectivity index (χ1) is 21.1. The largest absolute Gasteiger partial charge is 0.598 e. The number of amides is 1. The molecule has 0 saturated heterocycles. The van der Waals surface area contributed by atoms with Gasteiger partial charge in [0, 0.05) is 50.2 Å². The van der Waals surface area contributed by atoms with Crippen LogP contribution in [0.4, 0.5) is 17.6 Å². The molecule has 4 rings (SSSR count). The van der Waals surface area contributed by atoms with Crippen LogP contribution < -0.4 is 10.5 Å². The van der Waals surface area contributed by atoms with E-state index >= 15 is 0 Å². The van der Waals surface area contributed by atoms with Gasteiger partial charge in [-0.1, -0.05) is 39.6 Å². The molecule has 2 aromatic rings. The van der Waals surface area contributed by atoms with E-state index in [1.54, 1.807) is 0 Å². The average Bonchev–Trinajstić information content (AvgIpc) is 3.66. The Morgan fingerprint density at radius 2 is 1.80 bits per heavy atom. The van der Waals surface area contributed by atoms with Crippen molar-refractivity contribution in [2.45, 2.75) is 128 Å². The van der Waals surface area contributed by atoms with Crippen molar-refractivity contribution in [1.29, 1.82) is 0 Å². The maximum Gasteiger partial charge on any atom is 0.248 e. The van der Waals surface area contributed by atoms with Crippen molar-refractivity contribution in [3.05, 3.63) is 29.6 Å². The molecular weight excluding hydrogens is 637 g/mol. The first-order valence-corrected chi connectivity index (χ1v) is 21.2. The minimum absolute atomic E-state index is 0.0398. The summed E-state index contributed by atoms with van der Waals surface area (Å²) < 4.78 is 80.1. The molecule has 0 spiro atoms. The summed E-state index contributed by atoms with van der Waals surface area (Å²) in [5.74, 6) is -4.28. The van der Waals surface area contributed by atoms with Crippen LogP contribution in [0.25, 0.3) is 11.0 Å². The molecule has 46 heavy (non-hydrogen) atoms. The van der Waals surface area contributed by atoms with Gasteiger partial charge in [-0.25, -0.2) is 22.5 Å². The molecule has 2 saturated carbocycles. The van der Waals surface area contributed by atoms with Gasteiger partial charge in [0.15, 0.2) is 0 Å². The average molecular weight is 689 g/mol. The number of nitrogens with two attached hydrogens (primary N) is 1. The Morgan fingerprint density at radius 3 is 2.30 bits per heavy atom. The van der Waals surface area contributed by atoms with Gasteiger partial charge >= 0.3 is 0 Å². The lowest BCUT2D eigenvalue weighted by Gasteiger charge is -2.42. The van der Waals surface area contributed by atoms with E-state index in [2.05, 4.69) is 24.4 Å². The summed E-state index contributed by atoms with van der Waals surface area (Å²) in [5, 5.41) is 0. The highest BCUT2D eigenvalue weighted by molar-refractivity contribution is 7.90. The molecule has 13 heteroatoms. The van der Waals surface area contributed by atoms with Crippen molar-refractivity contribution in [3.8, 4) is 0 Å². The van der Waals surface area contributed by atoms with Crippen molar-refractivity contribution in [1.82, 2.24) is 14.3 Å². The van der Waals surface area contributed by atoms with Gasteiger partial charge in [0.2, 0.25) is 18.3 Å². The Balaban J connectivity index is 1.81. The van der Waals surface area contributed by atoms with E-state index in [0.29, 0.717) is 23.5 Å². The van der Waals surface area contributed by atoms with E-state index in [-0.39, 0.29) is 37.8 Å². The van der Waals surface area contributed by atoms with Crippen molar-refractivity contribution >= 4 is 36.4 Å². The highest BCUT2D eigenvalue weighted by Gasteiger charge is 2.54. The number of imidazole rings is 1. The number of nitrogens with zero attached hydrogens (tertiary/aromatic N) is 2. The molecule has 260 valence electrons. The SMILES string of the molecule is CC(C)(C[C@H](N[S@+]([O-])C(C)(C)C)c1nc2ccc([C@H](C3CC3)C(C(N)=O)C3CC(F)(F)C3)cc2n1COCC[Si](C)(C)C)C(F)F. The molecule has 2 fully saturated rings. The second-order valence-electron chi connectivity index (χ2n) is 16.4. The number of hydrogen-bond donors (Lipinski definition) is 2. The van der Waals surface area contributed by atoms with E-state index in [0.717, 1.165) is 24.4 Å². The lowest BCUT2D eigenvalue weighted by atomic mass is 9.65. The molecule has 1 aromatic carbocycles. The summed E-state index contributed by atoms with van der Waals surface area (Å²) in [6.45, 7) is 15.7. The molecule has 0 bridgehead atoms. The van der Waals surface area contributed by atoms with Crippen LogP contribution in [-0.4, -0.2) is 51.8 Å². The van der Waals surface area contributed by atoms with Gasteiger partial charge in [-0.15, -0.1) is 4.72 Å². The highest BCUT2D eigenvalue weighted by atomic mass is 32.2. The third-order valence-electron chi connectivity index (χ3n) is 9.32. The van der Waals surface area contributed by atoms with Gasteiger partial charge in [0.25, 0.3) is 0 Å². The molecule has 0 aliphatic heterocycles. The summed E-state index contributed by atoms with van der Waals surface area (Å²) in [5.41, 5.74) is 6.57. The zero-order valence-electron chi connectivity index (χ0n) is 28.5. The number of benzene rings is 1. The second-order valence-corrected chi connectivity index (χ2v) is 24.0. The molecule has 1 amide bonds. The number of carbonyl (C=O) groups is 1. The fourth-order valence-corrected chi connectivity index (χ4v) is 7.86. The summed E-state index contributed by atoms with van der Waals surface area (Å²) in [4.78, 5) is 17.7. The Hall–Kier alpha value is -1.67. The van der Waals surface area contributed by atoms with Crippen LogP contribution in [0.1, 0.15) is 90.1 Å². The molecule has 2 aliphatic carbocycles. The number of ether oxygens (including phenoxy) is 1. The lowest BCUT2D eigenvalue weighted by Crippen LogP contribution is -2.46. The van der Waals surface area contributed by atoms with E-state index in [1.807, 2.05) is 43.5 Å². The molecule has 1 heterocycles. The van der Waals surface area contributed by atoms with Crippen LogP contribution in [0.2, 0.25) is 25.7 Å². The molecular formula is C33H52F4N4O3SSi. The predicted molar refractivity (Wildman–Crippen MR) is 178 cm³/mol. The van der Waals surface area contributed by atoms with Crippen molar-refractivity contribution in [3.63, 3.8) is 0 Å². The smallest absolute Gasteiger partial charge is 0.248 e. The van der Waals surface area contributed by atoms with Crippen LogP contribution in [0, 0.1) is 23.2 Å². The maximum atomic E-state index is 14.2. The Morgan fingerprint density at radius 1 is 1.17 bits per heavy atom. The highest BCUT2D eigenvalue weighted by Crippen LogP contribution is 2.55. The first-order valence-electron chi connectivity index (χ1n) is 16.3. The van der Waals surface area contributed by atoms with Gasteiger partial charge in [0.05, 0.1) is 11.0 Å². The molecule has 1 unspecified atom stereocenters. The fourth-order valence-electron chi connectivity index (χ4n) is 6.30. The molecule has 7 nitrogen and oxygen atoms in total. The number of rotatable bonds is 16. The first kappa shape index (κ1) is 37.2. The van der Waals surface area contributed by atoms with E-state index in [1.165, 1.54) is 13.8 Å². The van der Waals surface area contributed by atoms with Crippen molar-refractivity contribution in [2.75, 3.05) is 6.61 Å². The minimum Gasteiger partial charge on any atom is -0.598 e. The van der Waals surface area contributed by atoms with Crippen molar-refractivity contribution < 1.29 is 31.6 Å². The van der Waals surface area contributed by atoms with Crippen LogP contribution in [0.15, 0.2) is 18.2 Å². The number of halogens is 4. The zero-order chi connectivity index (χ0) is 34.4. The van der Waals surface area contributed by atoms with Crippen LogP contribution in [-0.2, 0) is 27.6 Å². The standard InChI is InChI=1S/C33H52F4N4O3SSi/c1-31(2,3)45(43)40-24(18-32(4,5)30(34)35)29-39-23-12-11-21(15-25(23)41(29)19-44-13-14-46(6,7)8)26(20-9-10-20)27(28(38)42)22-16-33(36,37)17-22/h11-12,15,20,22,24,26-27,30,40H,9-10,13-14,16-19H2,1-8H3,(H2,38,42)/t24-,26-,27?,45+/m0/s1. The number of carbonyl (C=O) groups excluding carboxylic acids is 1. The van der Waals surface area contributed by atoms with Gasteiger partial charge in [-0.2, -0.15) is 0 Å².